The highest BCUT2D eigenvalue weighted by molar-refractivity contribution is 5.74. The summed E-state index contributed by atoms with van der Waals surface area (Å²) in [6.07, 6.45) is 7.55. The number of piperidine rings is 1. The van der Waals surface area contributed by atoms with Gasteiger partial charge in [0.05, 0.1) is 6.04 Å². The van der Waals surface area contributed by atoms with E-state index in [1.807, 2.05) is 41.6 Å². The molecule has 1 saturated carbocycles. The Balaban J connectivity index is 1.45. The van der Waals surface area contributed by atoms with Gasteiger partial charge in [0, 0.05) is 19.6 Å². The van der Waals surface area contributed by atoms with E-state index in [4.69, 9.17) is 0 Å². The van der Waals surface area contributed by atoms with Crippen LogP contribution in [0.2, 0.25) is 0 Å². The maximum atomic E-state index is 12.8. The molecule has 2 amide bonds. The molecule has 6 heteroatoms. The van der Waals surface area contributed by atoms with Crippen molar-refractivity contribution in [3.8, 4) is 0 Å². The van der Waals surface area contributed by atoms with Gasteiger partial charge in [0.1, 0.15) is 6.33 Å². The molecule has 1 saturated heterocycles. The van der Waals surface area contributed by atoms with Crippen LogP contribution in [0.4, 0.5) is 4.79 Å². The lowest BCUT2D eigenvalue weighted by Gasteiger charge is -2.35. The van der Waals surface area contributed by atoms with Crippen molar-refractivity contribution in [2.45, 2.75) is 51.2 Å². The minimum absolute atomic E-state index is 0.00507. The van der Waals surface area contributed by atoms with E-state index in [9.17, 15) is 4.79 Å². The SMILES string of the molecule is O=C(NCc1ccccc1)N1CCCC[C@H]1c1nncn1CC1CC1. The average molecular weight is 339 g/mol. The third-order valence-electron chi connectivity index (χ3n) is 5.15. The minimum Gasteiger partial charge on any atom is -0.334 e. The quantitative estimate of drug-likeness (QED) is 0.910. The Morgan fingerprint density at radius 1 is 1.16 bits per heavy atom. The second-order valence-corrected chi connectivity index (χ2v) is 7.13. The fourth-order valence-electron chi connectivity index (χ4n) is 3.56. The van der Waals surface area contributed by atoms with Crippen LogP contribution in [0.3, 0.4) is 0 Å². The number of benzene rings is 1. The van der Waals surface area contributed by atoms with Crippen molar-refractivity contribution in [1.82, 2.24) is 25.0 Å². The first-order valence-electron chi connectivity index (χ1n) is 9.27. The molecule has 0 radical (unpaired) electrons. The van der Waals surface area contributed by atoms with Crippen LogP contribution in [0.25, 0.3) is 0 Å². The van der Waals surface area contributed by atoms with Crippen LogP contribution in [0, 0.1) is 5.92 Å². The molecule has 6 nitrogen and oxygen atoms in total. The monoisotopic (exact) mass is 339 g/mol. The zero-order valence-corrected chi connectivity index (χ0v) is 14.5. The Bertz CT molecular complexity index is 710. The molecule has 1 aliphatic heterocycles. The summed E-state index contributed by atoms with van der Waals surface area (Å²) in [5.74, 6) is 1.71. The van der Waals surface area contributed by atoms with E-state index in [-0.39, 0.29) is 12.1 Å². The molecule has 4 rings (SSSR count). The number of aromatic nitrogens is 3. The molecule has 1 aliphatic carbocycles. The molecular formula is C19H25N5O. The summed E-state index contributed by atoms with van der Waals surface area (Å²) in [6, 6.07) is 10.1. The normalized spacial score (nSPS) is 20.5. The predicted molar refractivity (Wildman–Crippen MR) is 94.7 cm³/mol. The largest absolute Gasteiger partial charge is 0.334 e. The van der Waals surface area contributed by atoms with Crippen LogP contribution in [-0.4, -0.2) is 32.2 Å². The maximum Gasteiger partial charge on any atom is 0.318 e. The van der Waals surface area contributed by atoms with Gasteiger partial charge < -0.3 is 14.8 Å². The van der Waals surface area contributed by atoms with E-state index in [1.54, 1.807) is 0 Å². The number of nitrogens with one attached hydrogen (secondary N) is 1. The Labute approximate surface area is 148 Å². The first-order chi connectivity index (χ1) is 12.3. The lowest BCUT2D eigenvalue weighted by Crippen LogP contribution is -2.45. The number of likely N-dealkylation sites (tertiary alicyclic amines) is 1. The fraction of sp³-hybridized carbons (Fsp3) is 0.526. The number of urea groups is 1. The molecule has 1 N–H and O–H groups in total. The Kier molecular flexibility index (Phi) is 4.68. The average Bonchev–Trinajstić information content (AvgIpc) is 3.36. The molecule has 0 unspecified atom stereocenters. The molecule has 2 aromatic rings. The van der Waals surface area contributed by atoms with E-state index in [0.717, 1.165) is 49.7 Å². The number of nitrogens with zero attached hydrogens (tertiary/aromatic N) is 4. The van der Waals surface area contributed by atoms with Gasteiger partial charge in [-0.05, 0) is 43.6 Å². The molecule has 1 aromatic carbocycles. The van der Waals surface area contributed by atoms with E-state index >= 15 is 0 Å². The molecule has 132 valence electrons. The van der Waals surface area contributed by atoms with Gasteiger partial charge in [-0.15, -0.1) is 10.2 Å². The standard InChI is InChI=1S/C19H25N5O/c25-19(20-12-15-6-2-1-3-7-15)24-11-5-4-8-17(24)18-22-21-14-23(18)13-16-9-10-16/h1-3,6-7,14,16-17H,4-5,8-13H2,(H,20,25)/t17-/m0/s1. The highest BCUT2D eigenvalue weighted by Gasteiger charge is 2.32. The van der Waals surface area contributed by atoms with E-state index in [1.165, 1.54) is 12.8 Å². The van der Waals surface area contributed by atoms with Gasteiger partial charge >= 0.3 is 6.03 Å². The Morgan fingerprint density at radius 3 is 2.80 bits per heavy atom. The van der Waals surface area contributed by atoms with E-state index < -0.39 is 0 Å². The zero-order valence-electron chi connectivity index (χ0n) is 14.5. The minimum atomic E-state index is -0.00507. The smallest absolute Gasteiger partial charge is 0.318 e. The summed E-state index contributed by atoms with van der Waals surface area (Å²) < 4.78 is 2.16. The van der Waals surface area contributed by atoms with Gasteiger partial charge in [-0.1, -0.05) is 30.3 Å². The van der Waals surface area contributed by atoms with E-state index in [2.05, 4.69) is 20.1 Å². The highest BCUT2D eigenvalue weighted by Crippen LogP contribution is 2.34. The van der Waals surface area contributed by atoms with Crippen LogP contribution < -0.4 is 5.32 Å². The first kappa shape index (κ1) is 16.1. The van der Waals surface area contributed by atoms with Crippen molar-refractivity contribution in [2.75, 3.05) is 6.54 Å². The molecule has 0 bridgehead atoms. The van der Waals surface area contributed by atoms with Crippen LogP contribution in [-0.2, 0) is 13.1 Å². The van der Waals surface area contributed by atoms with Gasteiger partial charge in [-0.2, -0.15) is 0 Å². The lowest BCUT2D eigenvalue weighted by molar-refractivity contribution is 0.145. The van der Waals surface area contributed by atoms with Gasteiger partial charge in [0.15, 0.2) is 5.82 Å². The number of hydrogen-bond acceptors (Lipinski definition) is 3. The predicted octanol–water partition coefficient (Wildman–Crippen LogP) is 3.12. The Morgan fingerprint density at radius 2 is 2.00 bits per heavy atom. The van der Waals surface area contributed by atoms with Crippen molar-refractivity contribution in [2.24, 2.45) is 5.92 Å². The summed E-state index contributed by atoms with van der Waals surface area (Å²) in [6.45, 7) is 2.32. The molecule has 0 spiro atoms. The third kappa shape index (κ3) is 3.83. The number of rotatable bonds is 5. The lowest BCUT2D eigenvalue weighted by atomic mass is 10.0. The van der Waals surface area contributed by atoms with Crippen molar-refractivity contribution in [1.29, 1.82) is 0 Å². The second kappa shape index (κ2) is 7.25. The summed E-state index contributed by atoms with van der Waals surface area (Å²) in [5, 5.41) is 11.5. The molecule has 2 fully saturated rings. The van der Waals surface area contributed by atoms with Gasteiger partial charge in [-0.25, -0.2) is 4.79 Å². The van der Waals surface area contributed by atoms with E-state index in [0.29, 0.717) is 6.54 Å². The topological polar surface area (TPSA) is 63.1 Å². The number of amides is 2. The molecule has 1 atom stereocenters. The fourth-order valence-corrected chi connectivity index (χ4v) is 3.56. The molecule has 25 heavy (non-hydrogen) atoms. The first-order valence-corrected chi connectivity index (χ1v) is 9.27. The van der Waals surface area contributed by atoms with Gasteiger partial charge in [0.25, 0.3) is 0 Å². The van der Waals surface area contributed by atoms with Crippen molar-refractivity contribution >= 4 is 6.03 Å². The van der Waals surface area contributed by atoms with Gasteiger partial charge in [-0.3, -0.25) is 0 Å². The summed E-state index contributed by atoms with van der Waals surface area (Å²) in [7, 11) is 0. The summed E-state index contributed by atoms with van der Waals surface area (Å²) >= 11 is 0. The molecule has 2 heterocycles. The maximum absolute atomic E-state index is 12.8. The van der Waals surface area contributed by atoms with Crippen LogP contribution in [0.5, 0.6) is 0 Å². The van der Waals surface area contributed by atoms with Crippen molar-refractivity contribution in [3.63, 3.8) is 0 Å². The number of carbonyl (C=O) groups excluding carboxylic acids is 1. The van der Waals surface area contributed by atoms with Crippen LogP contribution in [0.1, 0.15) is 49.5 Å². The highest BCUT2D eigenvalue weighted by atomic mass is 16.2. The molecular weight excluding hydrogens is 314 g/mol. The third-order valence-corrected chi connectivity index (χ3v) is 5.15. The summed E-state index contributed by atoms with van der Waals surface area (Å²) in [5.41, 5.74) is 1.11. The van der Waals surface area contributed by atoms with Crippen LogP contribution in [0.15, 0.2) is 36.7 Å². The Hall–Kier alpha value is -2.37. The second-order valence-electron chi connectivity index (χ2n) is 7.13. The number of carbonyl (C=O) groups is 1. The van der Waals surface area contributed by atoms with Gasteiger partial charge in [0.2, 0.25) is 0 Å². The van der Waals surface area contributed by atoms with Crippen LogP contribution >= 0.6 is 0 Å². The summed E-state index contributed by atoms with van der Waals surface area (Å²) in [4.78, 5) is 14.7. The zero-order chi connectivity index (χ0) is 17.1. The number of hydrogen-bond donors (Lipinski definition) is 1. The van der Waals surface area contributed by atoms with Crippen molar-refractivity contribution in [3.05, 3.63) is 48.0 Å². The molecule has 1 aromatic heterocycles. The molecule has 2 aliphatic rings. The van der Waals surface area contributed by atoms with Crippen molar-refractivity contribution < 1.29 is 4.79 Å².